The summed E-state index contributed by atoms with van der Waals surface area (Å²) in [6.45, 7) is 2.69. The van der Waals surface area contributed by atoms with Crippen LogP contribution in [0.15, 0.2) is 18.2 Å². The van der Waals surface area contributed by atoms with Gasteiger partial charge in [-0.3, -0.25) is 14.9 Å². The van der Waals surface area contributed by atoms with Gasteiger partial charge in [0.15, 0.2) is 5.75 Å². The summed E-state index contributed by atoms with van der Waals surface area (Å²) in [5, 5.41) is 31.9. The zero-order chi connectivity index (χ0) is 17.6. The maximum atomic E-state index is 12.1. The SMILES string of the molecule is CCOC(=O)[C@](C#N)(Cc1ccc([N+](=O)[O-])c(O)c1)NC(C)=O. The molecule has 0 saturated heterocycles. The van der Waals surface area contributed by atoms with Crippen LogP contribution in [0.3, 0.4) is 0 Å². The number of hydrogen-bond donors (Lipinski definition) is 2. The number of nitrogens with one attached hydrogen (secondary N) is 1. The molecule has 1 aromatic rings. The Morgan fingerprint density at radius 3 is 2.61 bits per heavy atom. The van der Waals surface area contributed by atoms with Crippen molar-refractivity contribution in [1.29, 1.82) is 5.26 Å². The summed E-state index contributed by atoms with van der Waals surface area (Å²) in [6.07, 6.45) is -0.312. The number of nitriles is 1. The number of aromatic hydroxyl groups is 1. The molecule has 1 rings (SSSR count). The molecular formula is C14H15N3O6. The molecule has 23 heavy (non-hydrogen) atoms. The van der Waals surface area contributed by atoms with Crippen molar-refractivity contribution in [2.45, 2.75) is 25.8 Å². The van der Waals surface area contributed by atoms with Crippen LogP contribution in [0.1, 0.15) is 19.4 Å². The van der Waals surface area contributed by atoms with Crippen molar-refractivity contribution in [2.75, 3.05) is 6.61 Å². The number of benzene rings is 1. The van der Waals surface area contributed by atoms with Crippen LogP contribution in [0.4, 0.5) is 5.69 Å². The molecule has 0 bridgehead atoms. The van der Waals surface area contributed by atoms with E-state index in [4.69, 9.17) is 4.74 Å². The molecule has 1 amide bonds. The van der Waals surface area contributed by atoms with E-state index in [2.05, 4.69) is 5.32 Å². The van der Waals surface area contributed by atoms with Crippen molar-refractivity contribution < 1.29 is 24.4 Å². The van der Waals surface area contributed by atoms with Gasteiger partial charge in [-0.25, -0.2) is 4.79 Å². The van der Waals surface area contributed by atoms with Gasteiger partial charge in [0, 0.05) is 19.4 Å². The highest BCUT2D eigenvalue weighted by Gasteiger charge is 2.42. The Morgan fingerprint density at radius 2 is 2.17 bits per heavy atom. The van der Waals surface area contributed by atoms with Gasteiger partial charge in [0.2, 0.25) is 11.4 Å². The molecule has 9 heteroatoms. The molecule has 0 aromatic heterocycles. The second-order valence-electron chi connectivity index (χ2n) is 4.68. The molecule has 0 aliphatic rings. The summed E-state index contributed by atoms with van der Waals surface area (Å²) in [7, 11) is 0. The van der Waals surface area contributed by atoms with Crippen LogP contribution in [0.25, 0.3) is 0 Å². The zero-order valence-electron chi connectivity index (χ0n) is 12.5. The lowest BCUT2D eigenvalue weighted by Crippen LogP contribution is -2.55. The van der Waals surface area contributed by atoms with E-state index in [1.165, 1.54) is 6.07 Å². The molecular weight excluding hydrogens is 306 g/mol. The summed E-state index contributed by atoms with van der Waals surface area (Å²) < 4.78 is 4.82. The quantitative estimate of drug-likeness (QED) is 0.448. The maximum absolute atomic E-state index is 12.1. The zero-order valence-corrected chi connectivity index (χ0v) is 12.5. The number of nitro benzene ring substituents is 1. The lowest BCUT2D eigenvalue weighted by molar-refractivity contribution is -0.385. The minimum absolute atomic E-state index is 0.00730. The summed E-state index contributed by atoms with van der Waals surface area (Å²) in [6, 6.07) is 5.11. The van der Waals surface area contributed by atoms with E-state index in [9.17, 15) is 30.1 Å². The van der Waals surface area contributed by atoms with Crippen molar-refractivity contribution in [3.63, 3.8) is 0 Å². The number of phenolic OH excluding ortho intramolecular Hbond substituents is 1. The number of hydrogen-bond acceptors (Lipinski definition) is 7. The molecule has 1 aromatic carbocycles. The number of carbonyl (C=O) groups is 2. The van der Waals surface area contributed by atoms with Crippen LogP contribution in [-0.2, 0) is 20.7 Å². The summed E-state index contributed by atoms with van der Waals surface area (Å²) in [4.78, 5) is 33.3. The van der Waals surface area contributed by atoms with Crippen molar-refractivity contribution in [3.05, 3.63) is 33.9 Å². The largest absolute Gasteiger partial charge is 0.502 e. The minimum Gasteiger partial charge on any atom is -0.502 e. The van der Waals surface area contributed by atoms with E-state index in [-0.39, 0.29) is 18.6 Å². The Hall–Kier alpha value is -3.15. The van der Waals surface area contributed by atoms with Gasteiger partial charge >= 0.3 is 11.7 Å². The topological polar surface area (TPSA) is 143 Å². The number of rotatable bonds is 6. The van der Waals surface area contributed by atoms with Crippen LogP contribution in [-0.4, -0.2) is 34.1 Å². The van der Waals surface area contributed by atoms with Gasteiger partial charge in [-0.05, 0) is 18.6 Å². The van der Waals surface area contributed by atoms with E-state index >= 15 is 0 Å². The van der Waals surface area contributed by atoms with Crippen molar-refractivity contribution in [2.24, 2.45) is 0 Å². The summed E-state index contributed by atoms with van der Waals surface area (Å²) >= 11 is 0. The first-order valence-corrected chi connectivity index (χ1v) is 6.59. The lowest BCUT2D eigenvalue weighted by atomic mass is 9.91. The highest BCUT2D eigenvalue weighted by Crippen LogP contribution is 2.28. The summed E-state index contributed by atoms with van der Waals surface area (Å²) in [5.41, 5.74) is -2.24. The smallest absolute Gasteiger partial charge is 0.347 e. The maximum Gasteiger partial charge on any atom is 0.347 e. The third-order valence-electron chi connectivity index (χ3n) is 2.91. The lowest BCUT2D eigenvalue weighted by Gasteiger charge is -2.25. The highest BCUT2D eigenvalue weighted by atomic mass is 16.6. The van der Waals surface area contributed by atoms with Crippen LogP contribution >= 0.6 is 0 Å². The number of esters is 1. The predicted octanol–water partition coefficient (Wildman–Crippen LogP) is 0.804. The van der Waals surface area contributed by atoms with Gasteiger partial charge in [0.05, 0.1) is 11.5 Å². The Balaban J connectivity index is 3.22. The second-order valence-corrected chi connectivity index (χ2v) is 4.68. The van der Waals surface area contributed by atoms with Crippen LogP contribution in [0, 0.1) is 21.4 Å². The molecule has 0 aliphatic heterocycles. The number of nitrogens with zero attached hydrogens (tertiary/aromatic N) is 2. The fourth-order valence-corrected chi connectivity index (χ4v) is 1.97. The van der Waals surface area contributed by atoms with E-state index < -0.39 is 33.8 Å². The summed E-state index contributed by atoms with van der Waals surface area (Å²) in [5.74, 6) is -2.17. The molecule has 9 nitrogen and oxygen atoms in total. The minimum atomic E-state index is -1.98. The number of carbonyl (C=O) groups excluding carboxylic acids is 2. The number of amides is 1. The molecule has 0 unspecified atom stereocenters. The fraction of sp³-hybridized carbons (Fsp3) is 0.357. The predicted molar refractivity (Wildman–Crippen MR) is 77.3 cm³/mol. The van der Waals surface area contributed by atoms with Gasteiger partial charge in [-0.15, -0.1) is 0 Å². The molecule has 122 valence electrons. The van der Waals surface area contributed by atoms with Gasteiger partial charge < -0.3 is 15.2 Å². The highest BCUT2D eigenvalue weighted by molar-refractivity contribution is 5.90. The van der Waals surface area contributed by atoms with Crippen molar-refractivity contribution in [1.82, 2.24) is 5.32 Å². The standard InChI is InChI=1S/C14H15N3O6/c1-3-23-13(20)14(8-15,16-9(2)18)7-10-4-5-11(17(21)22)12(19)6-10/h4-6,19H,3,7H2,1-2H3,(H,16,18)/t14-/m1/s1. The second kappa shape index (κ2) is 7.22. The Bertz CT molecular complexity index is 682. The Labute approximate surface area is 131 Å². The van der Waals surface area contributed by atoms with Crippen molar-refractivity contribution >= 4 is 17.6 Å². The molecule has 0 saturated carbocycles. The molecule has 0 heterocycles. The van der Waals surface area contributed by atoms with Gasteiger partial charge in [-0.1, -0.05) is 6.07 Å². The number of nitro groups is 1. The monoisotopic (exact) mass is 321 g/mol. The number of phenols is 1. The third kappa shape index (κ3) is 4.16. The third-order valence-corrected chi connectivity index (χ3v) is 2.91. The molecule has 0 spiro atoms. The van der Waals surface area contributed by atoms with E-state index in [0.717, 1.165) is 19.1 Å². The number of ether oxygens (including phenoxy) is 1. The molecule has 0 fully saturated rings. The van der Waals surface area contributed by atoms with Gasteiger partial charge in [-0.2, -0.15) is 5.26 Å². The van der Waals surface area contributed by atoms with Crippen molar-refractivity contribution in [3.8, 4) is 11.8 Å². The average Bonchev–Trinajstić information content (AvgIpc) is 2.45. The van der Waals surface area contributed by atoms with Gasteiger partial charge in [0.25, 0.3) is 0 Å². The molecule has 2 N–H and O–H groups in total. The Kier molecular flexibility index (Phi) is 5.62. The van der Waals surface area contributed by atoms with Crippen LogP contribution in [0.2, 0.25) is 0 Å². The molecule has 0 aliphatic carbocycles. The molecule has 1 atom stereocenters. The average molecular weight is 321 g/mol. The molecule has 0 radical (unpaired) electrons. The Morgan fingerprint density at radius 1 is 1.52 bits per heavy atom. The first kappa shape index (κ1) is 17.9. The normalized spacial score (nSPS) is 12.6. The van der Waals surface area contributed by atoms with E-state index in [1.54, 1.807) is 13.0 Å². The first-order chi connectivity index (χ1) is 10.8. The van der Waals surface area contributed by atoms with Crippen LogP contribution in [0.5, 0.6) is 5.75 Å². The van der Waals surface area contributed by atoms with E-state index in [1.807, 2.05) is 0 Å². The van der Waals surface area contributed by atoms with Crippen LogP contribution < -0.4 is 5.32 Å². The first-order valence-electron chi connectivity index (χ1n) is 6.59. The fourth-order valence-electron chi connectivity index (χ4n) is 1.97. The van der Waals surface area contributed by atoms with E-state index in [0.29, 0.717) is 0 Å². The van der Waals surface area contributed by atoms with Gasteiger partial charge in [0.1, 0.15) is 6.07 Å².